The van der Waals surface area contributed by atoms with Crippen molar-refractivity contribution in [1.29, 1.82) is 0 Å². The first-order valence-electron chi connectivity index (χ1n) is 7.90. The van der Waals surface area contributed by atoms with Gasteiger partial charge in [-0.3, -0.25) is 9.59 Å². The van der Waals surface area contributed by atoms with E-state index in [-0.39, 0.29) is 11.8 Å². The third kappa shape index (κ3) is 3.59. The van der Waals surface area contributed by atoms with Crippen LogP contribution in [0.4, 0.5) is 5.69 Å². The average molecular weight is 304 g/mol. The summed E-state index contributed by atoms with van der Waals surface area (Å²) in [6, 6.07) is 5.27. The number of benzene rings is 1. The molecule has 0 bridgehead atoms. The first-order valence-corrected chi connectivity index (χ1v) is 7.90. The van der Waals surface area contributed by atoms with Crippen LogP contribution in [0.1, 0.15) is 38.7 Å². The quantitative estimate of drug-likeness (QED) is 0.879. The number of anilines is 1. The molecule has 22 heavy (non-hydrogen) atoms. The molecule has 1 N–H and O–H groups in total. The Labute approximate surface area is 131 Å². The number of hydrogen-bond acceptors (Lipinski definition) is 3. The van der Waals surface area contributed by atoms with E-state index in [0.29, 0.717) is 37.4 Å². The minimum atomic E-state index is -0.411. The molecule has 1 fully saturated rings. The van der Waals surface area contributed by atoms with Crippen molar-refractivity contribution < 1.29 is 14.3 Å². The van der Waals surface area contributed by atoms with Gasteiger partial charge in [-0.05, 0) is 44.4 Å². The van der Waals surface area contributed by atoms with Crippen molar-refractivity contribution in [2.75, 3.05) is 18.5 Å². The van der Waals surface area contributed by atoms with E-state index >= 15 is 0 Å². The molecule has 1 atom stereocenters. The topological polar surface area (TPSA) is 58.6 Å². The summed E-state index contributed by atoms with van der Waals surface area (Å²) < 4.78 is 5.58. The predicted octanol–water partition coefficient (Wildman–Crippen LogP) is 2.73. The van der Waals surface area contributed by atoms with Gasteiger partial charge >= 0.3 is 0 Å². The van der Waals surface area contributed by atoms with Gasteiger partial charge in [0.2, 0.25) is 11.8 Å². The van der Waals surface area contributed by atoms with Gasteiger partial charge in [0.05, 0.1) is 12.3 Å². The molecule has 5 heteroatoms. The van der Waals surface area contributed by atoms with Crippen molar-refractivity contribution in [3.63, 3.8) is 0 Å². The van der Waals surface area contributed by atoms with Gasteiger partial charge in [-0.1, -0.05) is 13.0 Å². The summed E-state index contributed by atoms with van der Waals surface area (Å²) in [6.07, 6.45) is 1.98. The van der Waals surface area contributed by atoms with E-state index < -0.39 is 6.04 Å². The molecule has 0 spiro atoms. The van der Waals surface area contributed by atoms with E-state index in [9.17, 15) is 9.59 Å². The van der Waals surface area contributed by atoms with Crippen molar-refractivity contribution in [1.82, 2.24) is 4.90 Å². The van der Waals surface area contributed by atoms with Crippen LogP contribution in [0.2, 0.25) is 0 Å². The lowest BCUT2D eigenvalue weighted by molar-refractivity contribution is -0.135. The molecule has 2 amide bonds. The zero-order chi connectivity index (χ0) is 16.1. The van der Waals surface area contributed by atoms with Crippen LogP contribution in [-0.2, 0) is 9.59 Å². The number of nitrogens with zero attached hydrogens (tertiary/aromatic N) is 1. The molecule has 2 rings (SSSR count). The molecule has 1 aliphatic heterocycles. The highest BCUT2D eigenvalue weighted by molar-refractivity contribution is 5.98. The number of rotatable bonds is 6. The van der Waals surface area contributed by atoms with Crippen LogP contribution in [0.25, 0.3) is 0 Å². The van der Waals surface area contributed by atoms with Crippen LogP contribution in [0.15, 0.2) is 18.2 Å². The van der Waals surface area contributed by atoms with Crippen LogP contribution in [0.5, 0.6) is 5.75 Å². The number of ether oxygens (including phenoxy) is 1. The molecule has 1 unspecified atom stereocenters. The van der Waals surface area contributed by atoms with E-state index in [4.69, 9.17) is 4.74 Å². The normalized spacial score (nSPS) is 15.8. The summed E-state index contributed by atoms with van der Waals surface area (Å²) >= 11 is 0. The first-order chi connectivity index (χ1) is 10.6. The van der Waals surface area contributed by atoms with Crippen LogP contribution in [0, 0.1) is 6.92 Å². The highest BCUT2D eigenvalue weighted by Crippen LogP contribution is 2.27. The monoisotopic (exact) mass is 304 g/mol. The Morgan fingerprint density at radius 2 is 2.18 bits per heavy atom. The number of carbonyl (C=O) groups is 2. The SMILES string of the molecule is CCOc1cc(C)ccc1NC(=O)C(CC)N1CCCC1=O. The van der Waals surface area contributed by atoms with Crippen LogP contribution < -0.4 is 10.1 Å². The Hall–Kier alpha value is -2.04. The number of nitrogens with one attached hydrogen (secondary N) is 1. The molecule has 1 aromatic carbocycles. The molecule has 1 heterocycles. The van der Waals surface area contributed by atoms with Crippen molar-refractivity contribution in [2.24, 2.45) is 0 Å². The maximum Gasteiger partial charge on any atom is 0.247 e. The van der Waals surface area contributed by atoms with E-state index in [2.05, 4.69) is 5.32 Å². The number of hydrogen-bond donors (Lipinski definition) is 1. The highest BCUT2D eigenvalue weighted by Gasteiger charge is 2.31. The Bertz CT molecular complexity index is 557. The molecular formula is C17H24N2O3. The standard InChI is InChI=1S/C17H24N2O3/c1-4-14(19-10-6-7-16(19)20)17(21)18-13-9-8-12(3)11-15(13)22-5-2/h8-9,11,14H,4-7,10H2,1-3H3,(H,18,21). The summed E-state index contributed by atoms with van der Waals surface area (Å²) in [5.74, 6) is 0.581. The molecule has 120 valence electrons. The Morgan fingerprint density at radius 3 is 2.77 bits per heavy atom. The Balaban J connectivity index is 2.14. The van der Waals surface area contributed by atoms with Gasteiger partial charge in [0.1, 0.15) is 11.8 Å². The van der Waals surface area contributed by atoms with Gasteiger partial charge in [-0.25, -0.2) is 0 Å². The fourth-order valence-electron chi connectivity index (χ4n) is 2.77. The lowest BCUT2D eigenvalue weighted by atomic mass is 10.1. The van der Waals surface area contributed by atoms with Gasteiger partial charge in [0, 0.05) is 13.0 Å². The Kier molecular flexibility index (Phi) is 5.41. The minimum Gasteiger partial charge on any atom is -0.492 e. The van der Waals surface area contributed by atoms with Gasteiger partial charge in [0.15, 0.2) is 0 Å². The second-order valence-electron chi connectivity index (χ2n) is 5.54. The van der Waals surface area contributed by atoms with Gasteiger partial charge < -0.3 is 15.0 Å². The fraction of sp³-hybridized carbons (Fsp3) is 0.529. The second kappa shape index (κ2) is 7.29. The molecule has 0 aliphatic carbocycles. The van der Waals surface area contributed by atoms with Gasteiger partial charge in [-0.15, -0.1) is 0 Å². The molecule has 5 nitrogen and oxygen atoms in total. The molecule has 0 saturated carbocycles. The zero-order valence-corrected chi connectivity index (χ0v) is 13.5. The van der Waals surface area contributed by atoms with E-state index in [1.807, 2.05) is 39.0 Å². The minimum absolute atomic E-state index is 0.0657. The second-order valence-corrected chi connectivity index (χ2v) is 5.54. The number of carbonyl (C=O) groups excluding carboxylic acids is 2. The predicted molar refractivity (Wildman–Crippen MR) is 86.0 cm³/mol. The maximum atomic E-state index is 12.6. The summed E-state index contributed by atoms with van der Waals surface area (Å²) in [7, 11) is 0. The summed E-state index contributed by atoms with van der Waals surface area (Å²) in [6.45, 7) is 7.01. The Morgan fingerprint density at radius 1 is 1.41 bits per heavy atom. The third-order valence-corrected chi connectivity index (χ3v) is 3.87. The number of aryl methyl sites for hydroxylation is 1. The maximum absolute atomic E-state index is 12.6. The molecule has 1 aromatic rings. The molecule has 0 radical (unpaired) electrons. The van der Waals surface area contributed by atoms with Crippen molar-refractivity contribution in [3.8, 4) is 5.75 Å². The molecule has 0 aromatic heterocycles. The lowest BCUT2D eigenvalue weighted by Gasteiger charge is -2.26. The number of amides is 2. The first kappa shape index (κ1) is 16.3. The smallest absolute Gasteiger partial charge is 0.247 e. The lowest BCUT2D eigenvalue weighted by Crippen LogP contribution is -2.44. The molecule has 1 saturated heterocycles. The van der Waals surface area contributed by atoms with E-state index in [1.54, 1.807) is 4.90 Å². The van der Waals surface area contributed by atoms with Crippen LogP contribution in [0.3, 0.4) is 0 Å². The number of likely N-dealkylation sites (tertiary alicyclic amines) is 1. The van der Waals surface area contributed by atoms with Crippen molar-refractivity contribution in [2.45, 2.75) is 46.1 Å². The van der Waals surface area contributed by atoms with E-state index in [0.717, 1.165) is 12.0 Å². The molecule has 1 aliphatic rings. The zero-order valence-electron chi connectivity index (χ0n) is 13.5. The van der Waals surface area contributed by atoms with Gasteiger partial charge in [-0.2, -0.15) is 0 Å². The average Bonchev–Trinajstić information content (AvgIpc) is 2.89. The largest absolute Gasteiger partial charge is 0.492 e. The van der Waals surface area contributed by atoms with Crippen molar-refractivity contribution >= 4 is 17.5 Å². The summed E-state index contributed by atoms with van der Waals surface area (Å²) in [5, 5.41) is 2.91. The fourth-order valence-corrected chi connectivity index (χ4v) is 2.77. The summed E-state index contributed by atoms with van der Waals surface area (Å²) in [4.78, 5) is 26.1. The highest BCUT2D eigenvalue weighted by atomic mass is 16.5. The summed E-state index contributed by atoms with van der Waals surface area (Å²) in [5.41, 5.74) is 1.73. The van der Waals surface area contributed by atoms with Crippen molar-refractivity contribution in [3.05, 3.63) is 23.8 Å². The van der Waals surface area contributed by atoms with Gasteiger partial charge in [0.25, 0.3) is 0 Å². The third-order valence-electron chi connectivity index (χ3n) is 3.87. The van der Waals surface area contributed by atoms with Crippen LogP contribution >= 0.6 is 0 Å². The van der Waals surface area contributed by atoms with E-state index in [1.165, 1.54) is 0 Å². The van der Waals surface area contributed by atoms with Crippen LogP contribution in [-0.4, -0.2) is 35.9 Å². The molecular weight excluding hydrogens is 280 g/mol.